The largest absolute Gasteiger partial charge is 0.369 e. The zero-order valence-electron chi connectivity index (χ0n) is 12.1. The van der Waals surface area contributed by atoms with Crippen LogP contribution in [0.25, 0.3) is 0 Å². The molecule has 2 aliphatic rings. The van der Waals surface area contributed by atoms with Gasteiger partial charge < -0.3 is 16.0 Å². The number of halogens is 1. The van der Waals surface area contributed by atoms with Gasteiger partial charge in [-0.25, -0.2) is 0 Å². The van der Waals surface area contributed by atoms with E-state index in [-0.39, 0.29) is 5.91 Å². The number of rotatable bonds is 6. The summed E-state index contributed by atoms with van der Waals surface area (Å²) < 4.78 is 0.785. The SMILES string of the molecule is NC(=O)c1c(Br)cccc1N(CC1CC1)CC1CCCN1. The summed E-state index contributed by atoms with van der Waals surface area (Å²) in [6.45, 7) is 3.07. The van der Waals surface area contributed by atoms with Crippen molar-refractivity contribution in [2.45, 2.75) is 31.7 Å². The summed E-state index contributed by atoms with van der Waals surface area (Å²) in [4.78, 5) is 14.2. The number of nitrogens with zero attached hydrogens (tertiary/aromatic N) is 1. The average Bonchev–Trinajstić information content (AvgIpc) is 3.11. The van der Waals surface area contributed by atoms with E-state index in [1.54, 1.807) is 0 Å². The molecule has 3 rings (SSSR count). The minimum atomic E-state index is -0.363. The Morgan fingerprint density at radius 2 is 2.14 bits per heavy atom. The van der Waals surface area contributed by atoms with E-state index in [1.807, 2.05) is 18.2 Å². The van der Waals surface area contributed by atoms with E-state index in [2.05, 4.69) is 26.1 Å². The summed E-state index contributed by atoms with van der Waals surface area (Å²) in [5.41, 5.74) is 7.17. The maximum absolute atomic E-state index is 11.8. The molecular formula is C16H22BrN3O. The second kappa shape index (κ2) is 6.36. The number of hydrogen-bond acceptors (Lipinski definition) is 3. The monoisotopic (exact) mass is 351 g/mol. The highest BCUT2D eigenvalue weighted by Crippen LogP contribution is 2.34. The molecule has 1 aliphatic heterocycles. The van der Waals surface area contributed by atoms with Crippen LogP contribution in [-0.4, -0.2) is 31.6 Å². The van der Waals surface area contributed by atoms with Crippen molar-refractivity contribution >= 4 is 27.5 Å². The molecule has 0 bridgehead atoms. The Morgan fingerprint density at radius 3 is 2.76 bits per heavy atom. The Balaban J connectivity index is 1.87. The molecule has 114 valence electrons. The zero-order valence-corrected chi connectivity index (χ0v) is 13.7. The number of carbonyl (C=O) groups excluding carboxylic acids is 1. The number of benzene rings is 1. The molecule has 1 atom stereocenters. The first kappa shape index (κ1) is 14.9. The van der Waals surface area contributed by atoms with Gasteiger partial charge in [-0.05, 0) is 66.2 Å². The van der Waals surface area contributed by atoms with E-state index >= 15 is 0 Å². The molecular weight excluding hydrogens is 330 g/mol. The van der Waals surface area contributed by atoms with Crippen molar-refractivity contribution in [3.8, 4) is 0 Å². The van der Waals surface area contributed by atoms with E-state index < -0.39 is 0 Å². The lowest BCUT2D eigenvalue weighted by molar-refractivity contribution is 0.1000. The minimum absolute atomic E-state index is 0.363. The van der Waals surface area contributed by atoms with Crippen molar-refractivity contribution in [2.75, 3.05) is 24.5 Å². The standard InChI is InChI=1S/C16H22BrN3O/c17-13-4-1-5-14(15(13)16(18)21)20(9-11-6-7-11)10-12-3-2-8-19-12/h1,4-5,11-12,19H,2-3,6-10H2,(H2,18,21). The van der Waals surface area contributed by atoms with Gasteiger partial charge in [0, 0.05) is 23.6 Å². The van der Waals surface area contributed by atoms with Crippen LogP contribution in [0.15, 0.2) is 22.7 Å². The van der Waals surface area contributed by atoms with E-state index in [9.17, 15) is 4.79 Å². The summed E-state index contributed by atoms with van der Waals surface area (Å²) >= 11 is 3.47. The van der Waals surface area contributed by atoms with Crippen LogP contribution in [0.5, 0.6) is 0 Å². The molecule has 0 radical (unpaired) electrons. The summed E-state index contributed by atoms with van der Waals surface area (Å²) in [6, 6.07) is 6.39. The summed E-state index contributed by atoms with van der Waals surface area (Å²) in [5, 5.41) is 3.54. The Labute approximate surface area is 134 Å². The van der Waals surface area contributed by atoms with Crippen LogP contribution in [0, 0.1) is 5.92 Å². The summed E-state index contributed by atoms with van der Waals surface area (Å²) in [5.74, 6) is 0.406. The highest BCUT2D eigenvalue weighted by molar-refractivity contribution is 9.10. The van der Waals surface area contributed by atoms with Gasteiger partial charge in [-0.2, -0.15) is 0 Å². The second-order valence-corrected chi connectivity index (χ2v) is 6.99. The van der Waals surface area contributed by atoms with Crippen LogP contribution in [0.4, 0.5) is 5.69 Å². The molecule has 2 fully saturated rings. The average molecular weight is 352 g/mol. The number of nitrogens with one attached hydrogen (secondary N) is 1. The van der Waals surface area contributed by atoms with Gasteiger partial charge in [-0.3, -0.25) is 4.79 Å². The fourth-order valence-corrected chi connectivity index (χ4v) is 3.63. The number of hydrogen-bond donors (Lipinski definition) is 2. The molecule has 4 nitrogen and oxygen atoms in total. The first-order valence-corrected chi connectivity index (χ1v) is 8.51. The molecule has 1 aliphatic carbocycles. The second-order valence-electron chi connectivity index (χ2n) is 6.14. The molecule has 0 spiro atoms. The molecule has 1 aromatic carbocycles. The van der Waals surface area contributed by atoms with E-state index in [4.69, 9.17) is 5.73 Å². The quantitative estimate of drug-likeness (QED) is 0.827. The van der Waals surface area contributed by atoms with Gasteiger partial charge in [0.25, 0.3) is 5.91 Å². The van der Waals surface area contributed by atoms with Gasteiger partial charge in [0.05, 0.1) is 11.3 Å². The van der Waals surface area contributed by atoms with Crippen molar-refractivity contribution < 1.29 is 4.79 Å². The molecule has 5 heteroatoms. The van der Waals surface area contributed by atoms with Crippen molar-refractivity contribution in [1.82, 2.24) is 5.32 Å². The highest BCUT2D eigenvalue weighted by Gasteiger charge is 2.28. The Hall–Kier alpha value is -1.07. The Kier molecular flexibility index (Phi) is 4.50. The van der Waals surface area contributed by atoms with Crippen LogP contribution in [-0.2, 0) is 0 Å². The maximum atomic E-state index is 11.8. The third kappa shape index (κ3) is 3.58. The zero-order chi connectivity index (χ0) is 14.8. The van der Waals surface area contributed by atoms with Gasteiger partial charge in [-0.1, -0.05) is 6.07 Å². The Bertz CT molecular complexity index is 524. The molecule has 1 saturated heterocycles. The van der Waals surface area contributed by atoms with E-state index in [0.717, 1.165) is 35.7 Å². The lowest BCUT2D eigenvalue weighted by Gasteiger charge is -2.29. The Morgan fingerprint density at radius 1 is 1.33 bits per heavy atom. The first-order chi connectivity index (χ1) is 10.1. The predicted octanol–water partition coefficient (Wildman–Crippen LogP) is 2.52. The lowest BCUT2D eigenvalue weighted by Crippen LogP contribution is -2.39. The number of amides is 1. The van der Waals surface area contributed by atoms with Crippen LogP contribution in [0.1, 0.15) is 36.0 Å². The number of nitrogens with two attached hydrogens (primary N) is 1. The molecule has 1 unspecified atom stereocenters. The fraction of sp³-hybridized carbons (Fsp3) is 0.562. The van der Waals surface area contributed by atoms with Crippen molar-refractivity contribution in [1.29, 1.82) is 0 Å². The smallest absolute Gasteiger partial charge is 0.251 e. The topological polar surface area (TPSA) is 58.4 Å². The summed E-state index contributed by atoms with van der Waals surface area (Å²) in [6.07, 6.45) is 5.05. The van der Waals surface area contributed by atoms with Gasteiger partial charge in [0.2, 0.25) is 0 Å². The van der Waals surface area contributed by atoms with E-state index in [1.165, 1.54) is 25.7 Å². The number of primary amides is 1. The van der Waals surface area contributed by atoms with Crippen molar-refractivity contribution in [3.63, 3.8) is 0 Å². The first-order valence-electron chi connectivity index (χ1n) is 7.72. The van der Waals surface area contributed by atoms with Gasteiger partial charge in [0.15, 0.2) is 0 Å². The number of anilines is 1. The van der Waals surface area contributed by atoms with E-state index in [0.29, 0.717) is 11.6 Å². The molecule has 1 heterocycles. The van der Waals surface area contributed by atoms with Crippen LogP contribution >= 0.6 is 15.9 Å². The van der Waals surface area contributed by atoms with Gasteiger partial charge in [0.1, 0.15) is 0 Å². The molecule has 21 heavy (non-hydrogen) atoms. The predicted molar refractivity (Wildman–Crippen MR) is 88.6 cm³/mol. The minimum Gasteiger partial charge on any atom is -0.369 e. The van der Waals surface area contributed by atoms with Gasteiger partial charge in [-0.15, -0.1) is 0 Å². The lowest BCUT2D eigenvalue weighted by atomic mass is 10.1. The molecule has 0 aromatic heterocycles. The molecule has 1 aromatic rings. The van der Waals surface area contributed by atoms with Crippen molar-refractivity contribution in [2.24, 2.45) is 11.7 Å². The third-order valence-electron chi connectivity index (χ3n) is 4.36. The maximum Gasteiger partial charge on any atom is 0.251 e. The normalized spacial score (nSPS) is 21.5. The summed E-state index contributed by atoms with van der Waals surface area (Å²) in [7, 11) is 0. The fourth-order valence-electron chi connectivity index (χ4n) is 3.08. The number of carbonyl (C=O) groups is 1. The molecule has 3 N–H and O–H groups in total. The highest BCUT2D eigenvalue weighted by atomic mass is 79.9. The van der Waals surface area contributed by atoms with Crippen molar-refractivity contribution in [3.05, 3.63) is 28.2 Å². The van der Waals surface area contributed by atoms with Crippen LogP contribution in [0.2, 0.25) is 0 Å². The molecule has 1 saturated carbocycles. The van der Waals surface area contributed by atoms with Gasteiger partial charge >= 0.3 is 0 Å². The molecule has 1 amide bonds. The van der Waals surface area contributed by atoms with Crippen LogP contribution in [0.3, 0.4) is 0 Å². The van der Waals surface area contributed by atoms with Crippen LogP contribution < -0.4 is 16.0 Å². The third-order valence-corrected chi connectivity index (χ3v) is 5.02.